The second kappa shape index (κ2) is 7.93. The second-order valence-corrected chi connectivity index (χ2v) is 10.9. The number of thiazole rings is 1. The molecular formula is C20H25N3O3S2. The molecule has 0 radical (unpaired) electrons. The zero-order valence-electron chi connectivity index (χ0n) is 15.7. The summed E-state index contributed by atoms with van der Waals surface area (Å²) >= 11 is 1.52. The molecule has 1 saturated carbocycles. The molecule has 4 rings (SSSR count). The summed E-state index contributed by atoms with van der Waals surface area (Å²) in [4.78, 5) is 18.6. The number of sulfone groups is 1. The minimum absolute atomic E-state index is 0.286. The van der Waals surface area contributed by atoms with Crippen LogP contribution in [-0.2, 0) is 27.5 Å². The highest BCUT2D eigenvalue weighted by molar-refractivity contribution is 7.92. The summed E-state index contributed by atoms with van der Waals surface area (Å²) in [5, 5.41) is 3.12. The van der Waals surface area contributed by atoms with Gasteiger partial charge in [-0.25, -0.2) is 13.4 Å². The summed E-state index contributed by atoms with van der Waals surface area (Å²) in [6.45, 7) is 0. The lowest BCUT2D eigenvalue weighted by Gasteiger charge is -2.14. The first-order valence-electron chi connectivity index (χ1n) is 9.84. The van der Waals surface area contributed by atoms with E-state index in [-0.39, 0.29) is 11.2 Å². The Morgan fingerprint density at radius 1 is 1.11 bits per heavy atom. The largest absolute Gasteiger partial charge is 0.316 e. The van der Waals surface area contributed by atoms with Crippen LogP contribution < -0.4 is 11.1 Å². The van der Waals surface area contributed by atoms with Gasteiger partial charge in [0.25, 0.3) is 0 Å². The molecule has 1 unspecified atom stereocenters. The number of fused-ring (bicyclic) bond motifs is 1. The number of nitrogens with two attached hydrogens (primary N) is 1. The maximum atomic E-state index is 12.7. The molecule has 28 heavy (non-hydrogen) atoms. The molecule has 8 heteroatoms. The standard InChI is InChI=1S/C20H25N3O3S2/c21-18(19(24)23-20-22-16-7-3-4-8-17(16)27-20)13-9-11-15(12-10-13)28(25,26)14-5-1-2-6-14/h9-12,14,18H,1-8,21H2,(H,22,23,24). The zero-order chi connectivity index (χ0) is 19.7. The average Bonchev–Trinajstić information content (AvgIpc) is 3.37. The number of benzene rings is 1. The molecule has 150 valence electrons. The maximum Gasteiger partial charge on any atom is 0.247 e. The van der Waals surface area contributed by atoms with Crippen molar-refractivity contribution in [1.29, 1.82) is 0 Å². The Labute approximate surface area is 169 Å². The van der Waals surface area contributed by atoms with Gasteiger partial charge in [-0.2, -0.15) is 0 Å². The van der Waals surface area contributed by atoms with Gasteiger partial charge < -0.3 is 11.1 Å². The molecule has 1 amide bonds. The van der Waals surface area contributed by atoms with Crippen LogP contribution in [0.2, 0.25) is 0 Å². The number of amides is 1. The summed E-state index contributed by atoms with van der Waals surface area (Å²) in [5.41, 5.74) is 7.78. The van der Waals surface area contributed by atoms with Gasteiger partial charge in [0, 0.05) is 4.88 Å². The van der Waals surface area contributed by atoms with Crippen LogP contribution >= 0.6 is 11.3 Å². The molecule has 0 aliphatic heterocycles. The second-order valence-electron chi connectivity index (χ2n) is 7.58. The molecule has 2 aliphatic rings. The minimum Gasteiger partial charge on any atom is -0.316 e. The van der Waals surface area contributed by atoms with Crippen LogP contribution in [0.15, 0.2) is 29.2 Å². The number of aryl methyl sites for hydroxylation is 2. The predicted molar refractivity (Wildman–Crippen MR) is 110 cm³/mol. The van der Waals surface area contributed by atoms with Gasteiger partial charge in [-0.15, -0.1) is 11.3 Å². The molecule has 2 aromatic rings. The first kappa shape index (κ1) is 19.5. The van der Waals surface area contributed by atoms with E-state index in [2.05, 4.69) is 10.3 Å². The third-order valence-electron chi connectivity index (χ3n) is 5.67. The lowest BCUT2D eigenvalue weighted by molar-refractivity contribution is -0.117. The number of rotatable bonds is 5. The van der Waals surface area contributed by atoms with Gasteiger partial charge in [-0.3, -0.25) is 4.79 Å². The monoisotopic (exact) mass is 419 g/mol. The van der Waals surface area contributed by atoms with Crippen LogP contribution in [0, 0.1) is 0 Å². The molecule has 0 saturated heterocycles. The highest BCUT2D eigenvalue weighted by atomic mass is 32.2. The fourth-order valence-electron chi connectivity index (χ4n) is 4.00. The topological polar surface area (TPSA) is 102 Å². The van der Waals surface area contributed by atoms with Gasteiger partial charge in [-0.05, 0) is 56.2 Å². The molecule has 1 atom stereocenters. The van der Waals surface area contributed by atoms with Crippen LogP contribution in [-0.4, -0.2) is 24.6 Å². The van der Waals surface area contributed by atoms with Crippen molar-refractivity contribution in [2.75, 3.05) is 5.32 Å². The molecule has 6 nitrogen and oxygen atoms in total. The van der Waals surface area contributed by atoms with E-state index in [1.807, 2.05) is 0 Å². The summed E-state index contributed by atoms with van der Waals surface area (Å²) < 4.78 is 25.3. The van der Waals surface area contributed by atoms with Crippen molar-refractivity contribution in [3.8, 4) is 0 Å². The number of hydrogen-bond acceptors (Lipinski definition) is 6. The molecule has 1 fully saturated rings. The van der Waals surface area contributed by atoms with E-state index >= 15 is 0 Å². The fraction of sp³-hybridized carbons (Fsp3) is 0.500. The van der Waals surface area contributed by atoms with Gasteiger partial charge in [0.2, 0.25) is 5.91 Å². The lowest BCUT2D eigenvalue weighted by atomic mass is 10.0. The van der Waals surface area contributed by atoms with Crippen molar-refractivity contribution in [2.45, 2.75) is 67.6 Å². The number of anilines is 1. The van der Waals surface area contributed by atoms with Crippen molar-refractivity contribution in [1.82, 2.24) is 4.98 Å². The van der Waals surface area contributed by atoms with Crippen molar-refractivity contribution < 1.29 is 13.2 Å². The number of carbonyl (C=O) groups excluding carboxylic acids is 1. The van der Waals surface area contributed by atoms with E-state index in [0.29, 0.717) is 15.6 Å². The van der Waals surface area contributed by atoms with Crippen LogP contribution in [0.4, 0.5) is 5.13 Å². The highest BCUT2D eigenvalue weighted by Gasteiger charge is 2.30. The molecule has 0 spiro atoms. The minimum atomic E-state index is -3.30. The molecule has 2 aliphatic carbocycles. The van der Waals surface area contributed by atoms with Crippen LogP contribution in [0.3, 0.4) is 0 Å². The summed E-state index contributed by atoms with van der Waals surface area (Å²) in [5.74, 6) is -0.336. The maximum absolute atomic E-state index is 12.7. The van der Waals surface area contributed by atoms with Crippen molar-refractivity contribution in [3.63, 3.8) is 0 Å². The fourth-order valence-corrected chi connectivity index (χ4v) is 6.90. The molecule has 1 heterocycles. The Bertz CT molecular complexity index is 938. The first-order chi connectivity index (χ1) is 13.4. The smallest absolute Gasteiger partial charge is 0.247 e. The van der Waals surface area contributed by atoms with Crippen molar-refractivity contribution in [2.24, 2.45) is 5.73 Å². The average molecular weight is 420 g/mol. The van der Waals surface area contributed by atoms with E-state index in [4.69, 9.17) is 5.73 Å². The van der Waals surface area contributed by atoms with E-state index in [1.165, 1.54) is 16.2 Å². The number of aromatic nitrogens is 1. The Morgan fingerprint density at radius 2 is 1.79 bits per heavy atom. The van der Waals surface area contributed by atoms with E-state index in [9.17, 15) is 13.2 Å². The van der Waals surface area contributed by atoms with Gasteiger partial charge in [0.05, 0.1) is 15.8 Å². The van der Waals surface area contributed by atoms with Gasteiger partial charge in [0.15, 0.2) is 15.0 Å². The number of hydrogen-bond donors (Lipinski definition) is 2. The zero-order valence-corrected chi connectivity index (χ0v) is 17.3. The first-order valence-corrected chi connectivity index (χ1v) is 12.2. The molecule has 1 aromatic heterocycles. The third-order valence-corrected chi connectivity index (χ3v) is 9.02. The Kier molecular flexibility index (Phi) is 5.53. The number of nitrogens with zero attached hydrogens (tertiary/aromatic N) is 1. The Balaban J connectivity index is 1.44. The Hall–Kier alpha value is -1.77. The number of nitrogens with one attached hydrogen (secondary N) is 1. The van der Waals surface area contributed by atoms with Gasteiger partial charge in [0.1, 0.15) is 6.04 Å². The van der Waals surface area contributed by atoms with Crippen molar-refractivity contribution >= 4 is 32.2 Å². The molecule has 1 aromatic carbocycles. The van der Waals surface area contributed by atoms with Crippen LogP contribution in [0.25, 0.3) is 0 Å². The van der Waals surface area contributed by atoms with E-state index in [0.717, 1.165) is 57.1 Å². The van der Waals surface area contributed by atoms with E-state index in [1.54, 1.807) is 24.3 Å². The third kappa shape index (κ3) is 3.86. The number of carbonyl (C=O) groups is 1. The highest BCUT2D eigenvalue weighted by Crippen LogP contribution is 2.31. The molecule has 0 bridgehead atoms. The van der Waals surface area contributed by atoms with Gasteiger partial charge in [-0.1, -0.05) is 25.0 Å². The van der Waals surface area contributed by atoms with Gasteiger partial charge >= 0.3 is 0 Å². The normalized spacial score (nSPS) is 18.6. The van der Waals surface area contributed by atoms with E-state index < -0.39 is 15.9 Å². The van der Waals surface area contributed by atoms with Crippen molar-refractivity contribution in [3.05, 3.63) is 40.4 Å². The molecular weight excluding hydrogens is 394 g/mol. The molecule has 3 N–H and O–H groups in total. The Morgan fingerprint density at radius 3 is 2.46 bits per heavy atom. The lowest BCUT2D eigenvalue weighted by Crippen LogP contribution is -2.27. The summed E-state index contributed by atoms with van der Waals surface area (Å²) in [7, 11) is -3.30. The SMILES string of the molecule is NC(C(=O)Nc1nc2c(s1)CCCC2)c1ccc(S(=O)(=O)C2CCCC2)cc1. The quantitative estimate of drug-likeness (QED) is 0.773. The van der Waals surface area contributed by atoms with Crippen LogP contribution in [0.1, 0.15) is 60.7 Å². The summed E-state index contributed by atoms with van der Waals surface area (Å²) in [6, 6.07) is 5.54. The predicted octanol–water partition coefficient (Wildman–Crippen LogP) is 3.38. The summed E-state index contributed by atoms with van der Waals surface area (Å²) in [6.07, 6.45) is 7.67. The van der Waals surface area contributed by atoms with Crippen LogP contribution in [0.5, 0.6) is 0 Å².